The maximum absolute atomic E-state index is 8.01. The number of hydrogen-bond donors (Lipinski definition) is 0. The molecule has 0 unspecified atom stereocenters. The van der Waals surface area contributed by atoms with Crippen LogP contribution in [0.5, 0.6) is 0 Å². The summed E-state index contributed by atoms with van der Waals surface area (Å²) in [6.07, 6.45) is 2.21. The van der Waals surface area contributed by atoms with Crippen molar-refractivity contribution < 1.29 is 4.57 Å². The Morgan fingerprint density at radius 2 is 1.30 bits per heavy atom. The zero-order valence-electron chi connectivity index (χ0n) is 21.6. The Labute approximate surface area is 217 Å². The molecule has 0 amide bonds. The summed E-state index contributed by atoms with van der Waals surface area (Å²) >= 11 is 0. The lowest BCUT2D eigenvalue weighted by Gasteiger charge is -2.15. The topological polar surface area (TPSA) is 13.2 Å². The van der Waals surface area contributed by atoms with Crippen molar-refractivity contribution in [3.63, 3.8) is 0 Å². The SMILES string of the molecule is [C-]#[N+]c1ccc2c3ccc(C)c(-c4cc(C)c(C)c[n+]4C)c3n(-c3ccccc3)c2c1-c1ccccc1. The van der Waals surface area contributed by atoms with Crippen molar-refractivity contribution in [3.05, 3.63) is 125 Å². The van der Waals surface area contributed by atoms with Crippen molar-refractivity contribution in [2.24, 2.45) is 7.05 Å². The zero-order chi connectivity index (χ0) is 25.7. The van der Waals surface area contributed by atoms with Crippen LogP contribution in [-0.4, -0.2) is 4.57 Å². The second-order valence-electron chi connectivity index (χ2n) is 9.79. The molecule has 0 radical (unpaired) electrons. The molecule has 37 heavy (non-hydrogen) atoms. The third-order valence-electron chi connectivity index (χ3n) is 7.48. The summed E-state index contributed by atoms with van der Waals surface area (Å²) in [6.45, 7) is 14.5. The molecule has 3 nitrogen and oxygen atoms in total. The number of nitrogens with zero attached hydrogens (tertiary/aromatic N) is 3. The molecule has 0 aliphatic carbocycles. The Balaban J connectivity index is 1.90. The van der Waals surface area contributed by atoms with E-state index in [1.54, 1.807) is 0 Å². The van der Waals surface area contributed by atoms with Crippen molar-refractivity contribution in [2.45, 2.75) is 20.8 Å². The summed E-state index contributed by atoms with van der Waals surface area (Å²) in [4.78, 5) is 3.97. The molecule has 4 aromatic carbocycles. The van der Waals surface area contributed by atoms with Crippen molar-refractivity contribution in [2.75, 3.05) is 0 Å². The van der Waals surface area contributed by atoms with E-state index in [4.69, 9.17) is 6.57 Å². The fourth-order valence-corrected chi connectivity index (χ4v) is 5.56. The largest absolute Gasteiger partial charge is 0.309 e. The third-order valence-corrected chi connectivity index (χ3v) is 7.48. The molecule has 0 spiro atoms. The van der Waals surface area contributed by atoms with E-state index < -0.39 is 0 Å². The number of benzene rings is 4. The van der Waals surface area contributed by atoms with Gasteiger partial charge in [0.25, 0.3) is 0 Å². The average molecular weight is 479 g/mol. The quantitative estimate of drug-likeness (QED) is 0.179. The second kappa shape index (κ2) is 8.76. The van der Waals surface area contributed by atoms with Crippen LogP contribution in [0.2, 0.25) is 0 Å². The number of fused-ring (bicyclic) bond motifs is 3. The van der Waals surface area contributed by atoms with Crippen LogP contribution in [0.4, 0.5) is 5.69 Å². The molecule has 2 heterocycles. The van der Waals surface area contributed by atoms with Gasteiger partial charge in [0, 0.05) is 33.7 Å². The molecular weight excluding hydrogens is 450 g/mol. The molecule has 0 aliphatic heterocycles. The van der Waals surface area contributed by atoms with Gasteiger partial charge in [-0.2, -0.15) is 0 Å². The van der Waals surface area contributed by atoms with E-state index in [-0.39, 0.29) is 0 Å². The minimum atomic E-state index is 0.661. The van der Waals surface area contributed by atoms with E-state index in [1.165, 1.54) is 38.9 Å². The van der Waals surface area contributed by atoms with Crippen LogP contribution in [-0.2, 0) is 7.05 Å². The summed E-state index contributed by atoms with van der Waals surface area (Å²) < 4.78 is 4.61. The average Bonchev–Trinajstić information content (AvgIpc) is 3.25. The molecule has 2 aromatic heterocycles. The Morgan fingerprint density at radius 1 is 0.676 bits per heavy atom. The van der Waals surface area contributed by atoms with E-state index in [9.17, 15) is 0 Å². The van der Waals surface area contributed by atoms with Crippen molar-refractivity contribution in [3.8, 4) is 28.1 Å². The fourth-order valence-electron chi connectivity index (χ4n) is 5.56. The number of aromatic nitrogens is 2. The lowest BCUT2D eigenvalue weighted by molar-refractivity contribution is -0.660. The van der Waals surface area contributed by atoms with E-state index in [2.05, 4.69) is 115 Å². The maximum atomic E-state index is 8.01. The van der Waals surface area contributed by atoms with Gasteiger partial charge in [0.2, 0.25) is 5.69 Å². The highest BCUT2D eigenvalue weighted by atomic mass is 15.0. The van der Waals surface area contributed by atoms with Gasteiger partial charge in [-0.25, -0.2) is 9.41 Å². The van der Waals surface area contributed by atoms with Gasteiger partial charge in [0.1, 0.15) is 7.05 Å². The Bertz CT molecular complexity index is 1850. The predicted molar refractivity (Wildman–Crippen MR) is 153 cm³/mol. The Morgan fingerprint density at radius 3 is 1.97 bits per heavy atom. The van der Waals surface area contributed by atoms with Crippen molar-refractivity contribution >= 4 is 27.5 Å². The molecule has 0 saturated heterocycles. The summed E-state index contributed by atoms with van der Waals surface area (Å²) in [6, 6.07) is 31.7. The van der Waals surface area contributed by atoms with Crippen LogP contribution >= 0.6 is 0 Å². The lowest BCUT2D eigenvalue weighted by atomic mass is 9.97. The highest BCUT2D eigenvalue weighted by Crippen LogP contribution is 2.45. The van der Waals surface area contributed by atoms with E-state index in [1.807, 2.05) is 24.3 Å². The van der Waals surface area contributed by atoms with Crippen LogP contribution in [0.25, 0.3) is 54.7 Å². The first-order valence-corrected chi connectivity index (χ1v) is 12.6. The van der Waals surface area contributed by atoms with Gasteiger partial charge < -0.3 is 4.57 Å². The standard InChI is InChI=1S/C34H28N3/c1-22-16-17-27-28-18-19-29(35-4)32(25-12-8-6-9-13-25)34(28)37(26-14-10-7-11-15-26)33(27)31(22)30-20-23(2)24(3)21-36(30)5/h6-21H,1-3,5H3/q+1. The minimum absolute atomic E-state index is 0.661. The van der Waals surface area contributed by atoms with Crippen LogP contribution in [0.1, 0.15) is 16.7 Å². The first-order valence-electron chi connectivity index (χ1n) is 12.6. The zero-order valence-corrected chi connectivity index (χ0v) is 21.6. The molecule has 0 fully saturated rings. The van der Waals surface area contributed by atoms with Gasteiger partial charge in [-0.1, -0.05) is 72.8 Å². The normalized spacial score (nSPS) is 11.2. The molecular formula is C34H28N3+. The number of hydrogen-bond acceptors (Lipinski definition) is 0. The smallest absolute Gasteiger partial charge is 0.214 e. The number of rotatable bonds is 3. The minimum Gasteiger partial charge on any atom is -0.309 e. The van der Waals surface area contributed by atoms with Gasteiger partial charge in [0.15, 0.2) is 11.9 Å². The number of aryl methyl sites for hydroxylation is 4. The summed E-state index contributed by atoms with van der Waals surface area (Å²) in [5.41, 5.74) is 12.2. The highest BCUT2D eigenvalue weighted by Gasteiger charge is 2.25. The number of para-hydroxylation sites is 1. The van der Waals surface area contributed by atoms with Gasteiger partial charge in [-0.3, -0.25) is 0 Å². The Hall–Kier alpha value is -4.68. The molecule has 3 heteroatoms. The van der Waals surface area contributed by atoms with Gasteiger partial charge in [0.05, 0.1) is 23.2 Å². The van der Waals surface area contributed by atoms with Crippen molar-refractivity contribution in [1.82, 2.24) is 4.57 Å². The molecule has 0 atom stereocenters. The predicted octanol–water partition coefficient (Wildman–Crippen LogP) is 8.42. The van der Waals surface area contributed by atoms with Crippen LogP contribution in [0.3, 0.4) is 0 Å². The molecule has 0 bridgehead atoms. The Kier molecular flexibility index (Phi) is 5.39. The van der Waals surface area contributed by atoms with Crippen LogP contribution in [0, 0.1) is 27.3 Å². The fraction of sp³-hybridized carbons (Fsp3) is 0.118. The van der Waals surface area contributed by atoms with E-state index >= 15 is 0 Å². The van der Waals surface area contributed by atoms with Crippen molar-refractivity contribution in [1.29, 1.82) is 0 Å². The lowest BCUT2D eigenvalue weighted by Crippen LogP contribution is -2.31. The van der Waals surface area contributed by atoms with Crippen LogP contribution < -0.4 is 4.57 Å². The second-order valence-corrected chi connectivity index (χ2v) is 9.79. The molecule has 0 saturated carbocycles. The third kappa shape index (κ3) is 3.53. The summed E-state index contributed by atoms with van der Waals surface area (Å²) in [5, 5.41) is 2.34. The monoisotopic (exact) mass is 478 g/mol. The van der Waals surface area contributed by atoms with E-state index in [0.29, 0.717) is 5.69 Å². The summed E-state index contributed by atoms with van der Waals surface area (Å²) in [7, 11) is 2.13. The first kappa shape index (κ1) is 22.8. The molecule has 6 aromatic rings. The summed E-state index contributed by atoms with van der Waals surface area (Å²) in [5.74, 6) is 0. The highest BCUT2D eigenvalue weighted by molar-refractivity contribution is 6.19. The van der Waals surface area contributed by atoms with E-state index in [0.717, 1.165) is 27.7 Å². The molecule has 0 aliphatic rings. The maximum Gasteiger partial charge on any atom is 0.214 e. The number of pyridine rings is 1. The molecule has 178 valence electrons. The van der Waals surface area contributed by atoms with Crippen LogP contribution in [0.15, 0.2) is 97.2 Å². The molecule has 0 N–H and O–H groups in total. The first-order chi connectivity index (χ1) is 18.0. The molecule has 6 rings (SSSR count). The van der Waals surface area contributed by atoms with Gasteiger partial charge in [-0.05, 0) is 49.6 Å². The van der Waals surface area contributed by atoms with Gasteiger partial charge in [-0.15, -0.1) is 0 Å². The van der Waals surface area contributed by atoms with Gasteiger partial charge >= 0.3 is 0 Å².